The Morgan fingerprint density at radius 1 is 1.32 bits per heavy atom. The van der Waals surface area contributed by atoms with Gasteiger partial charge in [-0.05, 0) is 50.3 Å². The molecule has 2 aromatic rings. The van der Waals surface area contributed by atoms with Crippen molar-refractivity contribution in [2.45, 2.75) is 46.6 Å². The van der Waals surface area contributed by atoms with Crippen LogP contribution in [0.25, 0.3) is 0 Å². The van der Waals surface area contributed by atoms with Crippen molar-refractivity contribution < 1.29 is 4.79 Å². The molecule has 0 aliphatic carbocycles. The van der Waals surface area contributed by atoms with Crippen LogP contribution in [0.3, 0.4) is 0 Å². The summed E-state index contributed by atoms with van der Waals surface area (Å²) in [5.74, 6) is 0.826. The van der Waals surface area contributed by atoms with Gasteiger partial charge in [0, 0.05) is 30.2 Å². The van der Waals surface area contributed by atoms with Gasteiger partial charge in [-0.3, -0.25) is 4.79 Å². The molecule has 1 aromatic carbocycles. The molecule has 0 radical (unpaired) electrons. The first-order valence-electron chi connectivity index (χ1n) is 9.05. The number of thiazole rings is 1. The number of aryl methyl sites for hydroxylation is 2. The van der Waals surface area contributed by atoms with Gasteiger partial charge >= 0.3 is 0 Å². The molecule has 5 heteroatoms. The summed E-state index contributed by atoms with van der Waals surface area (Å²) in [6.07, 6.45) is 3.02. The number of hydrogen-bond acceptors (Lipinski definition) is 4. The standard InChI is InChI=1S/C20H27N3OS/c1-14-5-4-10-23(13-14)18-8-6-17(7-9-18)12-21-20(24)11-19-15(2)22-16(3)25-19/h6-9,14H,4-5,10-13H2,1-3H3,(H,21,24)/t14-/m0/s1. The van der Waals surface area contributed by atoms with Crippen LogP contribution >= 0.6 is 11.3 Å². The van der Waals surface area contributed by atoms with E-state index in [2.05, 4.69) is 46.4 Å². The van der Waals surface area contributed by atoms with Gasteiger partial charge in [0.05, 0.1) is 17.1 Å². The van der Waals surface area contributed by atoms with Crippen LogP contribution in [0.1, 0.15) is 40.9 Å². The number of anilines is 1. The Kier molecular flexibility index (Phi) is 5.74. The van der Waals surface area contributed by atoms with Crippen LogP contribution in [-0.4, -0.2) is 24.0 Å². The highest BCUT2D eigenvalue weighted by atomic mass is 32.1. The third kappa shape index (κ3) is 4.82. The van der Waals surface area contributed by atoms with Crippen molar-refractivity contribution in [1.29, 1.82) is 0 Å². The Morgan fingerprint density at radius 2 is 2.08 bits per heavy atom. The lowest BCUT2D eigenvalue weighted by atomic mass is 9.99. The molecule has 1 aliphatic heterocycles. The van der Waals surface area contributed by atoms with Gasteiger partial charge in [0.2, 0.25) is 5.91 Å². The number of carbonyl (C=O) groups is 1. The van der Waals surface area contributed by atoms with E-state index in [-0.39, 0.29) is 5.91 Å². The molecule has 2 heterocycles. The normalized spacial score (nSPS) is 17.6. The predicted octanol–water partition coefficient (Wildman–Crippen LogP) is 3.86. The maximum Gasteiger partial charge on any atom is 0.225 e. The van der Waals surface area contributed by atoms with Crippen LogP contribution in [-0.2, 0) is 17.8 Å². The van der Waals surface area contributed by atoms with E-state index in [0.29, 0.717) is 13.0 Å². The summed E-state index contributed by atoms with van der Waals surface area (Å²) in [7, 11) is 0. The molecule has 4 nitrogen and oxygen atoms in total. The van der Waals surface area contributed by atoms with E-state index in [9.17, 15) is 4.79 Å². The quantitative estimate of drug-likeness (QED) is 0.884. The number of piperidine rings is 1. The summed E-state index contributed by atoms with van der Waals surface area (Å²) < 4.78 is 0. The number of hydrogen-bond donors (Lipinski definition) is 1. The smallest absolute Gasteiger partial charge is 0.225 e. The monoisotopic (exact) mass is 357 g/mol. The van der Waals surface area contributed by atoms with E-state index in [0.717, 1.165) is 40.1 Å². The number of aromatic nitrogens is 1. The highest BCUT2D eigenvalue weighted by Gasteiger charge is 2.16. The lowest BCUT2D eigenvalue weighted by molar-refractivity contribution is -0.120. The molecule has 1 aromatic heterocycles. The Hall–Kier alpha value is -1.88. The third-order valence-electron chi connectivity index (χ3n) is 4.77. The minimum absolute atomic E-state index is 0.0562. The van der Waals surface area contributed by atoms with Gasteiger partial charge in [0.25, 0.3) is 0 Å². The van der Waals surface area contributed by atoms with Gasteiger partial charge in [-0.25, -0.2) is 4.98 Å². The van der Waals surface area contributed by atoms with Gasteiger partial charge < -0.3 is 10.2 Å². The van der Waals surface area contributed by atoms with E-state index in [1.807, 2.05) is 13.8 Å². The van der Waals surface area contributed by atoms with Crippen LogP contribution in [0.4, 0.5) is 5.69 Å². The summed E-state index contributed by atoms with van der Waals surface area (Å²) in [5.41, 5.74) is 3.40. The Bertz CT molecular complexity index is 723. The zero-order chi connectivity index (χ0) is 17.8. The maximum atomic E-state index is 12.2. The van der Waals surface area contributed by atoms with E-state index in [1.165, 1.54) is 18.5 Å². The molecule has 0 spiro atoms. The molecule has 1 saturated heterocycles. The lowest BCUT2D eigenvalue weighted by Crippen LogP contribution is -2.34. The molecule has 0 saturated carbocycles. The van der Waals surface area contributed by atoms with Gasteiger partial charge in [-0.15, -0.1) is 11.3 Å². The van der Waals surface area contributed by atoms with Crippen molar-refractivity contribution in [1.82, 2.24) is 10.3 Å². The van der Waals surface area contributed by atoms with Crippen molar-refractivity contribution in [3.8, 4) is 0 Å². The molecule has 25 heavy (non-hydrogen) atoms. The number of amides is 1. The van der Waals surface area contributed by atoms with Crippen molar-refractivity contribution >= 4 is 22.9 Å². The van der Waals surface area contributed by atoms with Gasteiger partial charge in [0.15, 0.2) is 0 Å². The second-order valence-corrected chi connectivity index (χ2v) is 8.34. The molecule has 1 aliphatic rings. The fourth-order valence-corrected chi connectivity index (χ4v) is 4.33. The van der Waals surface area contributed by atoms with E-state index >= 15 is 0 Å². The van der Waals surface area contributed by atoms with Crippen molar-refractivity contribution in [3.05, 3.63) is 45.4 Å². The summed E-state index contributed by atoms with van der Waals surface area (Å²) in [5, 5.41) is 4.03. The van der Waals surface area contributed by atoms with Gasteiger partial charge in [0.1, 0.15) is 0 Å². The number of nitrogens with one attached hydrogen (secondary N) is 1. The Balaban J connectivity index is 1.51. The molecule has 1 fully saturated rings. The molecule has 3 rings (SSSR count). The van der Waals surface area contributed by atoms with Crippen LogP contribution < -0.4 is 10.2 Å². The molecular weight excluding hydrogens is 330 g/mol. The second kappa shape index (κ2) is 8.00. The average molecular weight is 358 g/mol. The molecule has 1 amide bonds. The number of carbonyl (C=O) groups excluding carboxylic acids is 1. The van der Waals surface area contributed by atoms with Gasteiger partial charge in [-0.1, -0.05) is 19.1 Å². The van der Waals surface area contributed by atoms with Crippen LogP contribution in [0.2, 0.25) is 0 Å². The minimum atomic E-state index is 0.0562. The number of rotatable bonds is 5. The van der Waals surface area contributed by atoms with Crippen molar-refractivity contribution in [2.24, 2.45) is 5.92 Å². The van der Waals surface area contributed by atoms with Crippen LogP contribution in [0, 0.1) is 19.8 Å². The Morgan fingerprint density at radius 3 is 2.72 bits per heavy atom. The second-order valence-electron chi connectivity index (χ2n) is 7.05. The fourth-order valence-electron chi connectivity index (χ4n) is 3.39. The molecule has 1 atom stereocenters. The third-order valence-corrected chi connectivity index (χ3v) is 5.84. The molecular formula is C20H27N3OS. The highest BCUT2D eigenvalue weighted by Crippen LogP contribution is 2.23. The SMILES string of the molecule is Cc1nc(C)c(CC(=O)NCc2ccc(N3CCC[C@H](C)C3)cc2)s1. The van der Waals surface area contributed by atoms with E-state index in [1.54, 1.807) is 11.3 Å². The molecule has 0 unspecified atom stereocenters. The lowest BCUT2D eigenvalue weighted by Gasteiger charge is -2.32. The molecule has 134 valence electrons. The summed E-state index contributed by atoms with van der Waals surface area (Å²) in [6.45, 7) is 9.13. The first-order valence-corrected chi connectivity index (χ1v) is 9.86. The van der Waals surface area contributed by atoms with Crippen LogP contribution in [0.15, 0.2) is 24.3 Å². The van der Waals surface area contributed by atoms with Gasteiger partial charge in [-0.2, -0.15) is 0 Å². The topological polar surface area (TPSA) is 45.2 Å². The average Bonchev–Trinajstić information content (AvgIpc) is 2.90. The highest BCUT2D eigenvalue weighted by molar-refractivity contribution is 7.11. The number of benzene rings is 1. The van der Waals surface area contributed by atoms with Crippen molar-refractivity contribution in [3.63, 3.8) is 0 Å². The zero-order valence-corrected chi connectivity index (χ0v) is 16.2. The predicted molar refractivity (Wildman–Crippen MR) is 104 cm³/mol. The zero-order valence-electron chi connectivity index (χ0n) is 15.3. The maximum absolute atomic E-state index is 12.2. The Labute approximate surface area is 154 Å². The summed E-state index contributed by atoms with van der Waals surface area (Å²) in [4.78, 5) is 20.1. The van der Waals surface area contributed by atoms with Crippen molar-refractivity contribution in [2.75, 3.05) is 18.0 Å². The van der Waals surface area contributed by atoms with Crippen LogP contribution in [0.5, 0.6) is 0 Å². The number of nitrogens with zero attached hydrogens (tertiary/aromatic N) is 2. The van der Waals surface area contributed by atoms with E-state index in [4.69, 9.17) is 0 Å². The largest absolute Gasteiger partial charge is 0.371 e. The molecule has 0 bridgehead atoms. The minimum Gasteiger partial charge on any atom is -0.371 e. The summed E-state index contributed by atoms with van der Waals surface area (Å²) in [6, 6.07) is 8.60. The first-order chi connectivity index (χ1) is 12.0. The van der Waals surface area contributed by atoms with E-state index < -0.39 is 0 Å². The molecule has 1 N–H and O–H groups in total. The fraction of sp³-hybridized carbons (Fsp3) is 0.500. The summed E-state index contributed by atoms with van der Waals surface area (Å²) >= 11 is 1.60. The first kappa shape index (κ1) is 17.9.